The predicted octanol–water partition coefficient (Wildman–Crippen LogP) is 10.8. The second-order valence-electron chi connectivity index (χ2n) is 12.7. The lowest BCUT2D eigenvalue weighted by Crippen LogP contribution is -2.28. The maximum absolute atomic E-state index is 10.0. The maximum atomic E-state index is 10.0. The van der Waals surface area contributed by atoms with E-state index in [1.807, 2.05) is 72.8 Å². The highest BCUT2D eigenvalue weighted by Crippen LogP contribution is 2.57. The number of aromatic nitrogens is 3. The van der Waals surface area contributed by atoms with Crippen LogP contribution in [0.5, 0.6) is 0 Å². The summed E-state index contributed by atoms with van der Waals surface area (Å²) in [6, 6.07) is 65.0. The molecule has 9 rings (SSSR count). The first-order valence-corrected chi connectivity index (χ1v) is 17.0. The fraction of sp³-hybridized carbons (Fsp3) is 0.0213. The van der Waals surface area contributed by atoms with Gasteiger partial charge in [0.1, 0.15) is 0 Å². The van der Waals surface area contributed by atoms with E-state index < -0.39 is 5.41 Å². The zero-order valence-electron chi connectivity index (χ0n) is 27.6. The molecule has 0 unspecified atom stereocenters. The van der Waals surface area contributed by atoms with E-state index in [0.717, 1.165) is 55.6 Å². The van der Waals surface area contributed by atoms with Gasteiger partial charge in [0.25, 0.3) is 0 Å². The number of rotatable bonds is 6. The van der Waals surface area contributed by atoms with Crippen LogP contribution in [0, 0.1) is 11.3 Å². The van der Waals surface area contributed by atoms with Gasteiger partial charge in [-0.15, -0.1) is 0 Å². The maximum Gasteiger partial charge on any atom is 0.164 e. The summed E-state index contributed by atoms with van der Waals surface area (Å²) in [4.78, 5) is 15.1. The van der Waals surface area contributed by atoms with Crippen molar-refractivity contribution in [3.05, 3.63) is 210 Å². The normalized spacial score (nSPS) is 12.5. The Morgan fingerprint density at radius 3 is 1.37 bits per heavy atom. The van der Waals surface area contributed by atoms with Gasteiger partial charge in [-0.3, -0.25) is 0 Å². The summed E-state index contributed by atoms with van der Waals surface area (Å²) in [5.74, 6) is 1.86. The van der Waals surface area contributed by atoms with Crippen LogP contribution in [0.4, 0.5) is 0 Å². The first-order chi connectivity index (χ1) is 25.2. The van der Waals surface area contributed by atoms with Crippen molar-refractivity contribution >= 4 is 0 Å². The Balaban J connectivity index is 1.29. The number of nitrogens with zero attached hydrogens (tertiary/aromatic N) is 4. The van der Waals surface area contributed by atoms with Crippen molar-refractivity contribution in [2.75, 3.05) is 0 Å². The average Bonchev–Trinajstić information content (AvgIpc) is 3.51. The van der Waals surface area contributed by atoms with Crippen molar-refractivity contribution in [2.24, 2.45) is 0 Å². The Morgan fingerprint density at radius 1 is 0.373 bits per heavy atom. The van der Waals surface area contributed by atoms with Crippen LogP contribution in [0.15, 0.2) is 182 Å². The van der Waals surface area contributed by atoms with E-state index in [1.54, 1.807) is 0 Å². The van der Waals surface area contributed by atoms with Crippen molar-refractivity contribution in [3.63, 3.8) is 0 Å². The lowest BCUT2D eigenvalue weighted by Gasteiger charge is -2.34. The molecule has 0 bridgehead atoms. The van der Waals surface area contributed by atoms with Crippen LogP contribution < -0.4 is 0 Å². The topological polar surface area (TPSA) is 62.5 Å². The minimum atomic E-state index is -0.640. The fourth-order valence-corrected chi connectivity index (χ4v) is 7.58. The molecule has 4 heteroatoms. The zero-order valence-corrected chi connectivity index (χ0v) is 27.6. The van der Waals surface area contributed by atoms with Crippen LogP contribution in [-0.2, 0) is 5.41 Å². The molecule has 0 atom stereocenters. The van der Waals surface area contributed by atoms with Gasteiger partial charge in [-0.2, -0.15) is 5.26 Å². The van der Waals surface area contributed by atoms with Crippen molar-refractivity contribution < 1.29 is 0 Å². The third-order valence-corrected chi connectivity index (χ3v) is 9.86. The van der Waals surface area contributed by atoms with E-state index in [0.29, 0.717) is 23.0 Å². The average molecular weight is 651 g/mol. The molecular formula is C47H30N4. The van der Waals surface area contributed by atoms with Gasteiger partial charge in [0, 0.05) is 16.7 Å². The molecular weight excluding hydrogens is 621 g/mol. The molecule has 7 aromatic carbocycles. The molecule has 0 radical (unpaired) electrons. The summed E-state index contributed by atoms with van der Waals surface area (Å²) in [6.07, 6.45) is 0. The lowest BCUT2D eigenvalue weighted by molar-refractivity contribution is 0.768. The number of hydrogen-bond acceptors (Lipinski definition) is 4. The molecule has 0 saturated heterocycles. The van der Waals surface area contributed by atoms with E-state index in [1.165, 1.54) is 5.56 Å². The highest BCUT2D eigenvalue weighted by molar-refractivity contribution is 5.90. The van der Waals surface area contributed by atoms with Crippen LogP contribution >= 0.6 is 0 Å². The molecule has 0 aliphatic heterocycles. The fourth-order valence-electron chi connectivity index (χ4n) is 7.58. The highest BCUT2D eigenvalue weighted by Gasteiger charge is 2.46. The molecule has 0 amide bonds. The SMILES string of the molecule is N#Cc1ccc2c(c1)C(c1ccccc1)(c1ccccc1)c1cc(-c3ccccc3-c3nc(-c4ccccc4)nc(-c4ccccc4)n3)ccc1-2. The molecule has 238 valence electrons. The van der Waals surface area contributed by atoms with Crippen LogP contribution in [0.2, 0.25) is 0 Å². The van der Waals surface area contributed by atoms with Crippen LogP contribution in [0.1, 0.15) is 27.8 Å². The Kier molecular flexibility index (Phi) is 7.38. The summed E-state index contributed by atoms with van der Waals surface area (Å²) in [5, 5.41) is 10.0. The largest absolute Gasteiger partial charge is 0.208 e. The third kappa shape index (κ3) is 5.03. The molecule has 1 aromatic heterocycles. The molecule has 51 heavy (non-hydrogen) atoms. The van der Waals surface area contributed by atoms with Gasteiger partial charge >= 0.3 is 0 Å². The van der Waals surface area contributed by atoms with Gasteiger partial charge in [0.2, 0.25) is 0 Å². The van der Waals surface area contributed by atoms with Gasteiger partial charge in [0.15, 0.2) is 17.5 Å². The monoisotopic (exact) mass is 650 g/mol. The second-order valence-corrected chi connectivity index (χ2v) is 12.7. The van der Waals surface area contributed by atoms with Crippen LogP contribution in [0.25, 0.3) is 56.4 Å². The molecule has 0 spiro atoms. The first-order valence-electron chi connectivity index (χ1n) is 17.0. The van der Waals surface area contributed by atoms with E-state index in [9.17, 15) is 5.26 Å². The van der Waals surface area contributed by atoms with Gasteiger partial charge in [-0.05, 0) is 62.7 Å². The molecule has 1 aliphatic carbocycles. The quantitative estimate of drug-likeness (QED) is 0.180. The smallest absolute Gasteiger partial charge is 0.164 e. The number of nitriles is 1. The van der Waals surface area contributed by atoms with Crippen molar-refractivity contribution in [3.8, 4) is 62.5 Å². The molecule has 1 heterocycles. The van der Waals surface area contributed by atoms with E-state index in [4.69, 9.17) is 15.0 Å². The van der Waals surface area contributed by atoms with Crippen molar-refractivity contribution in [1.29, 1.82) is 5.26 Å². The number of hydrogen-bond donors (Lipinski definition) is 0. The molecule has 0 saturated carbocycles. The number of fused-ring (bicyclic) bond motifs is 3. The Hall–Kier alpha value is -6.96. The lowest BCUT2D eigenvalue weighted by atomic mass is 9.67. The molecule has 4 nitrogen and oxygen atoms in total. The summed E-state index contributed by atoms with van der Waals surface area (Å²) >= 11 is 0. The zero-order chi connectivity index (χ0) is 34.2. The standard InChI is InChI=1S/C47H30N4/c48-31-32-25-27-39-40-28-26-35(30-43(40)47(42(39)29-32,36-19-9-3-10-20-36)37-21-11-4-12-22-37)38-23-13-14-24-41(38)46-50-44(33-15-5-1-6-16-33)49-45(51-46)34-17-7-2-8-18-34/h1-30H. The van der Waals surface area contributed by atoms with E-state index in [-0.39, 0.29) is 0 Å². The molecule has 0 N–H and O–H groups in total. The van der Waals surface area contributed by atoms with Crippen LogP contribution in [-0.4, -0.2) is 15.0 Å². The number of benzene rings is 7. The minimum Gasteiger partial charge on any atom is -0.208 e. The first kappa shape index (κ1) is 30.1. The Bertz CT molecular complexity index is 2480. The Labute approximate surface area is 297 Å². The van der Waals surface area contributed by atoms with Gasteiger partial charge < -0.3 is 0 Å². The van der Waals surface area contributed by atoms with Gasteiger partial charge in [0.05, 0.1) is 17.0 Å². The van der Waals surface area contributed by atoms with Gasteiger partial charge in [-0.1, -0.05) is 164 Å². The highest BCUT2D eigenvalue weighted by atomic mass is 15.0. The van der Waals surface area contributed by atoms with Gasteiger partial charge in [-0.25, -0.2) is 15.0 Å². The molecule has 1 aliphatic rings. The molecule has 0 fully saturated rings. The molecule has 8 aromatic rings. The van der Waals surface area contributed by atoms with E-state index >= 15 is 0 Å². The van der Waals surface area contributed by atoms with E-state index in [2.05, 4.69) is 115 Å². The Morgan fingerprint density at radius 2 is 0.824 bits per heavy atom. The predicted molar refractivity (Wildman–Crippen MR) is 204 cm³/mol. The van der Waals surface area contributed by atoms with Crippen molar-refractivity contribution in [2.45, 2.75) is 5.41 Å². The summed E-state index contributed by atoms with van der Waals surface area (Å²) in [6.45, 7) is 0. The summed E-state index contributed by atoms with van der Waals surface area (Å²) in [7, 11) is 0. The summed E-state index contributed by atoms with van der Waals surface area (Å²) < 4.78 is 0. The third-order valence-electron chi connectivity index (χ3n) is 9.86. The minimum absolute atomic E-state index is 0.609. The van der Waals surface area contributed by atoms with Crippen LogP contribution in [0.3, 0.4) is 0 Å². The summed E-state index contributed by atoms with van der Waals surface area (Å²) in [5.41, 5.74) is 11.7. The van der Waals surface area contributed by atoms with Crippen molar-refractivity contribution in [1.82, 2.24) is 15.0 Å². The second kappa shape index (κ2) is 12.5.